The maximum Gasteiger partial charge on any atom is 0.252 e. The molecule has 9 heteroatoms. The number of β-amino-alcohol motifs (C(OH)–C–C–N with tert-alkyl or cyclic N) is 1. The Bertz CT molecular complexity index is 564. The van der Waals surface area contributed by atoms with Crippen molar-refractivity contribution in [2.45, 2.75) is 18.9 Å². The molecule has 1 aromatic heterocycles. The largest absolute Gasteiger partial charge is 0.392 e. The number of amides is 1. The monoisotopic (exact) mass is 405 g/mol. The molecular formula is C17H29Cl2N5O2. The number of piperazine rings is 1. The van der Waals surface area contributed by atoms with Crippen molar-refractivity contribution in [3.8, 4) is 0 Å². The van der Waals surface area contributed by atoms with Crippen LogP contribution in [0.5, 0.6) is 0 Å². The highest BCUT2D eigenvalue weighted by Crippen LogP contribution is 2.20. The molecule has 0 aromatic carbocycles. The van der Waals surface area contributed by atoms with Crippen LogP contribution in [-0.2, 0) is 0 Å². The van der Waals surface area contributed by atoms with Gasteiger partial charge in [0.1, 0.15) is 5.82 Å². The zero-order valence-electron chi connectivity index (χ0n) is 14.8. The number of carbonyl (C=O) groups excluding carboxylic acids is 1. The Labute approximate surface area is 167 Å². The van der Waals surface area contributed by atoms with Gasteiger partial charge in [0.05, 0.1) is 11.7 Å². The maximum atomic E-state index is 11.6. The molecule has 1 atom stereocenters. The quantitative estimate of drug-likeness (QED) is 0.660. The summed E-state index contributed by atoms with van der Waals surface area (Å²) in [6.07, 6.45) is 3.54. The van der Waals surface area contributed by atoms with Crippen LogP contribution in [0.15, 0.2) is 18.3 Å². The van der Waals surface area contributed by atoms with Gasteiger partial charge in [-0.05, 0) is 44.0 Å². The highest BCUT2D eigenvalue weighted by molar-refractivity contribution is 5.97. The molecule has 4 N–H and O–H groups in total. The van der Waals surface area contributed by atoms with Crippen molar-refractivity contribution in [3.63, 3.8) is 0 Å². The topological polar surface area (TPSA) is 94.7 Å². The summed E-state index contributed by atoms with van der Waals surface area (Å²) >= 11 is 0. The molecule has 1 amide bonds. The lowest BCUT2D eigenvalue weighted by Crippen LogP contribution is -2.50. The first-order valence-corrected chi connectivity index (χ1v) is 8.76. The third-order valence-corrected chi connectivity index (χ3v) is 5.10. The molecule has 2 aliphatic rings. The summed E-state index contributed by atoms with van der Waals surface area (Å²) in [5.74, 6) is 0.631. The van der Waals surface area contributed by atoms with E-state index in [1.54, 1.807) is 18.3 Å². The van der Waals surface area contributed by atoms with Crippen LogP contribution in [0, 0.1) is 5.92 Å². The minimum Gasteiger partial charge on any atom is -0.392 e. The number of rotatable bonds is 5. The Morgan fingerprint density at radius 1 is 1.27 bits per heavy atom. The number of carbonyl (C=O) groups is 1. The predicted octanol–water partition coefficient (Wildman–Crippen LogP) is 0.507. The van der Waals surface area contributed by atoms with E-state index in [1.807, 2.05) is 0 Å². The van der Waals surface area contributed by atoms with E-state index >= 15 is 0 Å². The lowest BCUT2D eigenvalue weighted by molar-refractivity contribution is 0.0487. The third-order valence-electron chi connectivity index (χ3n) is 5.10. The highest BCUT2D eigenvalue weighted by Gasteiger charge is 2.26. The SMILES string of the molecule is Cl.Cl.NC(=O)c1cccnc1N1CCN(CC(O)C2CCNCC2)CC1. The Morgan fingerprint density at radius 3 is 2.54 bits per heavy atom. The minimum atomic E-state index is -0.443. The lowest BCUT2D eigenvalue weighted by atomic mass is 9.92. The number of nitrogens with one attached hydrogen (secondary N) is 1. The molecule has 0 radical (unpaired) electrons. The van der Waals surface area contributed by atoms with E-state index in [0.29, 0.717) is 17.3 Å². The molecule has 2 saturated heterocycles. The van der Waals surface area contributed by atoms with Crippen LogP contribution in [0.3, 0.4) is 0 Å². The second-order valence-corrected chi connectivity index (χ2v) is 6.68. The number of anilines is 1. The summed E-state index contributed by atoms with van der Waals surface area (Å²) in [7, 11) is 0. The molecule has 0 spiro atoms. The molecule has 26 heavy (non-hydrogen) atoms. The number of nitrogens with two attached hydrogens (primary N) is 1. The zero-order chi connectivity index (χ0) is 16.9. The van der Waals surface area contributed by atoms with E-state index in [-0.39, 0.29) is 30.9 Å². The van der Waals surface area contributed by atoms with Crippen LogP contribution in [-0.4, -0.2) is 72.8 Å². The van der Waals surface area contributed by atoms with Gasteiger partial charge in [-0.3, -0.25) is 9.69 Å². The van der Waals surface area contributed by atoms with Crippen molar-refractivity contribution in [1.82, 2.24) is 15.2 Å². The fourth-order valence-electron chi connectivity index (χ4n) is 3.63. The summed E-state index contributed by atoms with van der Waals surface area (Å²) in [6, 6.07) is 3.45. The fourth-order valence-corrected chi connectivity index (χ4v) is 3.63. The number of piperidine rings is 1. The zero-order valence-corrected chi connectivity index (χ0v) is 16.5. The lowest BCUT2D eigenvalue weighted by Gasteiger charge is -2.38. The minimum absolute atomic E-state index is 0. The van der Waals surface area contributed by atoms with Crippen LogP contribution in [0.4, 0.5) is 5.82 Å². The molecule has 1 aromatic rings. The van der Waals surface area contributed by atoms with Crippen LogP contribution in [0.2, 0.25) is 0 Å². The van der Waals surface area contributed by atoms with Crippen molar-refractivity contribution in [1.29, 1.82) is 0 Å². The molecule has 3 heterocycles. The van der Waals surface area contributed by atoms with Crippen molar-refractivity contribution < 1.29 is 9.90 Å². The molecule has 2 aliphatic heterocycles. The van der Waals surface area contributed by atoms with E-state index in [0.717, 1.165) is 58.7 Å². The van der Waals surface area contributed by atoms with Crippen LogP contribution in [0.1, 0.15) is 23.2 Å². The first kappa shape index (κ1) is 22.9. The molecule has 0 saturated carbocycles. The van der Waals surface area contributed by atoms with Crippen LogP contribution >= 0.6 is 24.8 Å². The number of pyridine rings is 1. The standard InChI is InChI=1S/C17H27N5O2.2ClH/c18-16(24)14-2-1-5-20-17(14)22-10-8-21(9-11-22)12-15(23)13-3-6-19-7-4-13;;/h1-2,5,13,15,19,23H,3-4,6-12H2,(H2,18,24);2*1H. The summed E-state index contributed by atoms with van der Waals surface area (Å²) in [5, 5.41) is 13.8. The van der Waals surface area contributed by atoms with E-state index < -0.39 is 5.91 Å². The summed E-state index contributed by atoms with van der Waals surface area (Å²) in [6.45, 7) is 6.03. The predicted molar refractivity (Wildman–Crippen MR) is 108 cm³/mol. The van der Waals surface area contributed by atoms with Gasteiger partial charge in [0.25, 0.3) is 5.91 Å². The first-order chi connectivity index (χ1) is 11.6. The molecule has 0 bridgehead atoms. The smallest absolute Gasteiger partial charge is 0.252 e. The molecule has 1 unspecified atom stereocenters. The van der Waals surface area contributed by atoms with Crippen LogP contribution < -0.4 is 16.0 Å². The third kappa shape index (κ3) is 5.69. The van der Waals surface area contributed by atoms with E-state index in [4.69, 9.17) is 5.73 Å². The number of hydrogen-bond donors (Lipinski definition) is 3. The molecule has 7 nitrogen and oxygen atoms in total. The van der Waals surface area contributed by atoms with Gasteiger partial charge in [0, 0.05) is 38.9 Å². The number of aliphatic hydroxyl groups excluding tert-OH is 1. The van der Waals surface area contributed by atoms with Gasteiger partial charge in [-0.15, -0.1) is 24.8 Å². The van der Waals surface area contributed by atoms with Gasteiger partial charge >= 0.3 is 0 Å². The number of primary amides is 1. The Balaban J connectivity index is 0.00000169. The second kappa shape index (κ2) is 10.9. The first-order valence-electron chi connectivity index (χ1n) is 8.76. The average Bonchev–Trinajstić information content (AvgIpc) is 2.63. The normalized spacial score (nSPS) is 20.0. The molecular weight excluding hydrogens is 377 g/mol. The molecule has 2 fully saturated rings. The summed E-state index contributed by atoms with van der Waals surface area (Å²) in [4.78, 5) is 20.3. The summed E-state index contributed by atoms with van der Waals surface area (Å²) in [5.41, 5.74) is 5.92. The maximum absolute atomic E-state index is 11.6. The number of aromatic nitrogens is 1. The van der Waals surface area contributed by atoms with Crippen molar-refractivity contribution >= 4 is 36.5 Å². The van der Waals surface area contributed by atoms with Gasteiger partial charge in [-0.25, -0.2) is 4.98 Å². The van der Waals surface area contributed by atoms with E-state index in [1.165, 1.54) is 0 Å². The highest BCUT2D eigenvalue weighted by atomic mass is 35.5. The van der Waals surface area contributed by atoms with Crippen LogP contribution in [0.25, 0.3) is 0 Å². The van der Waals surface area contributed by atoms with E-state index in [2.05, 4.69) is 20.1 Å². The Hall–Kier alpha value is -1.12. The van der Waals surface area contributed by atoms with E-state index in [9.17, 15) is 9.90 Å². The van der Waals surface area contributed by atoms with Crippen molar-refractivity contribution in [2.75, 3.05) is 50.7 Å². The van der Waals surface area contributed by atoms with Gasteiger partial charge in [-0.1, -0.05) is 0 Å². The number of halogens is 2. The number of nitrogens with zero attached hydrogens (tertiary/aromatic N) is 3. The van der Waals surface area contributed by atoms with Crippen molar-refractivity contribution in [2.24, 2.45) is 11.7 Å². The fraction of sp³-hybridized carbons (Fsp3) is 0.647. The van der Waals surface area contributed by atoms with Gasteiger partial charge < -0.3 is 21.1 Å². The number of aliphatic hydroxyl groups is 1. The average molecular weight is 406 g/mol. The second-order valence-electron chi connectivity index (χ2n) is 6.68. The number of hydrogen-bond acceptors (Lipinski definition) is 6. The summed E-state index contributed by atoms with van der Waals surface area (Å²) < 4.78 is 0. The van der Waals surface area contributed by atoms with Crippen molar-refractivity contribution in [3.05, 3.63) is 23.9 Å². The Morgan fingerprint density at radius 2 is 1.92 bits per heavy atom. The molecule has 148 valence electrons. The Kier molecular flexibility index (Phi) is 9.60. The van der Waals surface area contributed by atoms with Gasteiger partial charge in [0.2, 0.25) is 0 Å². The molecule has 0 aliphatic carbocycles. The molecule has 3 rings (SSSR count). The van der Waals surface area contributed by atoms with Gasteiger partial charge in [0.15, 0.2) is 0 Å². The van der Waals surface area contributed by atoms with Gasteiger partial charge in [-0.2, -0.15) is 0 Å².